The summed E-state index contributed by atoms with van der Waals surface area (Å²) in [4.78, 5) is 3.94. The lowest BCUT2D eigenvalue weighted by atomic mass is 9.98. The Morgan fingerprint density at radius 1 is 1.28 bits per heavy atom. The first-order valence-corrected chi connectivity index (χ1v) is 5.79. The van der Waals surface area contributed by atoms with Gasteiger partial charge in [0, 0.05) is 11.8 Å². The average molecular weight is 266 g/mol. The number of aryl methyl sites for hydroxylation is 1. The zero-order valence-electron chi connectivity index (χ0n) is 9.82. The number of hydrogen-bond acceptors (Lipinski definition) is 3. The number of anilines is 1. The molecule has 0 spiro atoms. The molecule has 1 unspecified atom stereocenters. The van der Waals surface area contributed by atoms with Crippen LogP contribution in [0.5, 0.6) is 0 Å². The molecule has 0 fully saturated rings. The highest BCUT2D eigenvalue weighted by molar-refractivity contribution is 6.30. The molecule has 0 saturated heterocycles. The smallest absolute Gasteiger partial charge is 0.128 e. The van der Waals surface area contributed by atoms with Gasteiger partial charge >= 0.3 is 0 Å². The van der Waals surface area contributed by atoms with Crippen molar-refractivity contribution in [2.45, 2.75) is 13.0 Å². The molecule has 4 N–H and O–H groups in total. The van der Waals surface area contributed by atoms with Crippen LogP contribution in [-0.4, -0.2) is 4.98 Å². The number of benzene rings is 1. The van der Waals surface area contributed by atoms with Gasteiger partial charge in [-0.2, -0.15) is 0 Å². The van der Waals surface area contributed by atoms with Gasteiger partial charge in [-0.25, -0.2) is 9.37 Å². The molecule has 0 aliphatic carbocycles. The van der Waals surface area contributed by atoms with E-state index in [1.807, 2.05) is 6.07 Å². The highest BCUT2D eigenvalue weighted by Gasteiger charge is 2.14. The lowest BCUT2D eigenvalue weighted by Gasteiger charge is -2.15. The van der Waals surface area contributed by atoms with E-state index in [-0.39, 0.29) is 5.82 Å². The fourth-order valence-electron chi connectivity index (χ4n) is 1.84. The lowest BCUT2D eigenvalue weighted by Crippen LogP contribution is -2.15. The van der Waals surface area contributed by atoms with Crippen molar-refractivity contribution < 1.29 is 4.39 Å². The predicted molar refractivity (Wildman–Crippen MR) is 70.8 cm³/mol. The summed E-state index contributed by atoms with van der Waals surface area (Å²) < 4.78 is 13.4. The standard InChI is InChI=1S/C13H13ClFN3/c1-7-2-8(4-10(15)3-7)12(16)11-5-9(14)6-18-13(11)17/h2-6,12H,16H2,1H3,(H2,17,18). The number of pyridine rings is 1. The molecule has 1 aromatic carbocycles. The topological polar surface area (TPSA) is 64.9 Å². The van der Waals surface area contributed by atoms with Crippen LogP contribution < -0.4 is 11.5 Å². The fourth-order valence-corrected chi connectivity index (χ4v) is 2.00. The molecule has 0 aliphatic heterocycles. The number of nitrogens with zero attached hydrogens (tertiary/aromatic N) is 1. The third-order valence-electron chi connectivity index (χ3n) is 2.67. The minimum Gasteiger partial charge on any atom is -0.383 e. The maximum atomic E-state index is 13.4. The number of hydrogen-bond donors (Lipinski definition) is 2. The van der Waals surface area contributed by atoms with Gasteiger partial charge in [-0.05, 0) is 36.2 Å². The van der Waals surface area contributed by atoms with Crippen LogP contribution in [0, 0.1) is 12.7 Å². The van der Waals surface area contributed by atoms with Crippen molar-refractivity contribution >= 4 is 17.4 Å². The van der Waals surface area contributed by atoms with Gasteiger partial charge < -0.3 is 11.5 Å². The molecule has 1 atom stereocenters. The van der Waals surface area contributed by atoms with E-state index < -0.39 is 6.04 Å². The molecule has 2 rings (SSSR count). The third-order valence-corrected chi connectivity index (χ3v) is 2.88. The zero-order valence-corrected chi connectivity index (χ0v) is 10.6. The molecule has 0 radical (unpaired) electrons. The molecule has 0 amide bonds. The van der Waals surface area contributed by atoms with Crippen molar-refractivity contribution in [2.24, 2.45) is 5.73 Å². The van der Waals surface area contributed by atoms with Crippen LogP contribution in [0.2, 0.25) is 5.02 Å². The molecule has 1 aromatic heterocycles. The minimum atomic E-state index is -0.550. The summed E-state index contributed by atoms with van der Waals surface area (Å²) in [6.45, 7) is 1.80. The number of nitrogens with two attached hydrogens (primary N) is 2. The number of nitrogen functional groups attached to an aromatic ring is 1. The Hall–Kier alpha value is -1.65. The zero-order chi connectivity index (χ0) is 13.3. The number of halogens is 2. The first-order valence-electron chi connectivity index (χ1n) is 5.41. The van der Waals surface area contributed by atoms with E-state index in [1.165, 1.54) is 18.3 Å². The Labute approximate surface area is 110 Å². The second-order valence-electron chi connectivity index (χ2n) is 4.17. The fraction of sp³-hybridized carbons (Fsp3) is 0.154. The molecule has 3 nitrogen and oxygen atoms in total. The SMILES string of the molecule is Cc1cc(F)cc(C(N)c2cc(Cl)cnc2N)c1. The second-order valence-corrected chi connectivity index (χ2v) is 4.60. The monoisotopic (exact) mass is 265 g/mol. The van der Waals surface area contributed by atoms with Crippen molar-refractivity contribution in [1.29, 1.82) is 0 Å². The molecule has 94 valence electrons. The minimum absolute atomic E-state index is 0.300. The van der Waals surface area contributed by atoms with Crippen molar-refractivity contribution in [1.82, 2.24) is 4.98 Å². The van der Waals surface area contributed by atoms with Crippen LogP contribution in [0.25, 0.3) is 0 Å². The maximum absolute atomic E-state index is 13.4. The van der Waals surface area contributed by atoms with Gasteiger partial charge in [0.1, 0.15) is 11.6 Å². The first kappa shape index (κ1) is 12.8. The summed E-state index contributed by atoms with van der Waals surface area (Å²) in [6.07, 6.45) is 1.45. The summed E-state index contributed by atoms with van der Waals surface area (Å²) >= 11 is 5.86. The highest BCUT2D eigenvalue weighted by Crippen LogP contribution is 2.26. The Kier molecular flexibility index (Phi) is 3.50. The Balaban J connectivity index is 2.47. The van der Waals surface area contributed by atoms with Crippen LogP contribution in [0.4, 0.5) is 10.2 Å². The number of aromatic nitrogens is 1. The molecule has 0 aliphatic rings. The summed E-state index contributed by atoms with van der Waals surface area (Å²) in [5.74, 6) is -0.0252. The van der Waals surface area contributed by atoms with Crippen molar-refractivity contribution in [3.63, 3.8) is 0 Å². The van der Waals surface area contributed by atoms with Crippen LogP contribution in [0.1, 0.15) is 22.7 Å². The van der Waals surface area contributed by atoms with Gasteiger partial charge in [0.15, 0.2) is 0 Å². The Morgan fingerprint density at radius 2 is 2.00 bits per heavy atom. The highest BCUT2D eigenvalue weighted by atomic mass is 35.5. The van der Waals surface area contributed by atoms with Gasteiger partial charge in [-0.15, -0.1) is 0 Å². The van der Waals surface area contributed by atoms with E-state index >= 15 is 0 Å². The van der Waals surface area contributed by atoms with Gasteiger partial charge in [0.05, 0.1) is 11.1 Å². The summed E-state index contributed by atoms with van der Waals surface area (Å²) in [6, 6.07) is 5.74. The van der Waals surface area contributed by atoms with Gasteiger partial charge in [0.25, 0.3) is 0 Å². The molecule has 5 heteroatoms. The van der Waals surface area contributed by atoms with Crippen LogP contribution in [-0.2, 0) is 0 Å². The largest absolute Gasteiger partial charge is 0.383 e. The normalized spacial score (nSPS) is 12.4. The van der Waals surface area contributed by atoms with Crippen molar-refractivity contribution in [3.05, 3.63) is 58.0 Å². The van der Waals surface area contributed by atoms with E-state index in [4.69, 9.17) is 23.1 Å². The molecular formula is C13H13ClFN3. The summed E-state index contributed by atoms with van der Waals surface area (Å²) in [5, 5.41) is 0.447. The summed E-state index contributed by atoms with van der Waals surface area (Å²) in [7, 11) is 0. The van der Waals surface area contributed by atoms with E-state index in [0.717, 1.165) is 5.56 Å². The molecular weight excluding hydrogens is 253 g/mol. The first-order chi connectivity index (χ1) is 8.47. The third kappa shape index (κ3) is 2.60. The molecule has 1 heterocycles. The van der Waals surface area contributed by atoms with Crippen molar-refractivity contribution in [3.8, 4) is 0 Å². The van der Waals surface area contributed by atoms with Gasteiger partial charge in [-0.1, -0.05) is 17.7 Å². The van der Waals surface area contributed by atoms with Crippen molar-refractivity contribution in [2.75, 3.05) is 5.73 Å². The summed E-state index contributed by atoms with van der Waals surface area (Å²) in [5.41, 5.74) is 13.9. The Morgan fingerprint density at radius 3 is 2.67 bits per heavy atom. The van der Waals surface area contributed by atoms with Crippen LogP contribution in [0.3, 0.4) is 0 Å². The Bertz CT molecular complexity index is 566. The van der Waals surface area contributed by atoms with E-state index in [2.05, 4.69) is 4.98 Å². The predicted octanol–water partition coefficient (Wildman–Crippen LogP) is 2.81. The van der Waals surface area contributed by atoms with Gasteiger partial charge in [0.2, 0.25) is 0 Å². The van der Waals surface area contributed by atoms with E-state index in [9.17, 15) is 4.39 Å². The second kappa shape index (κ2) is 4.92. The maximum Gasteiger partial charge on any atom is 0.128 e. The lowest BCUT2D eigenvalue weighted by molar-refractivity contribution is 0.622. The quantitative estimate of drug-likeness (QED) is 0.878. The average Bonchev–Trinajstić information content (AvgIpc) is 2.30. The van der Waals surface area contributed by atoms with E-state index in [1.54, 1.807) is 13.0 Å². The molecule has 0 bridgehead atoms. The molecule has 0 saturated carbocycles. The van der Waals surface area contributed by atoms with Crippen LogP contribution in [0.15, 0.2) is 30.5 Å². The van der Waals surface area contributed by atoms with Gasteiger partial charge in [-0.3, -0.25) is 0 Å². The number of rotatable bonds is 2. The molecule has 18 heavy (non-hydrogen) atoms. The molecule has 2 aromatic rings. The van der Waals surface area contributed by atoms with E-state index in [0.29, 0.717) is 22.0 Å². The van der Waals surface area contributed by atoms with Crippen LogP contribution >= 0.6 is 11.6 Å².